The average Bonchev–Trinajstić information content (AvgIpc) is 3.18. The molecule has 2 aromatic rings. The van der Waals surface area contributed by atoms with E-state index < -0.39 is 0 Å². The van der Waals surface area contributed by atoms with E-state index in [1.54, 1.807) is 0 Å². The molecule has 0 bridgehead atoms. The van der Waals surface area contributed by atoms with Gasteiger partial charge in [-0.2, -0.15) is 0 Å². The molecule has 0 atom stereocenters. The second-order valence-electron chi connectivity index (χ2n) is 13.3. The highest BCUT2D eigenvalue weighted by atomic mass is 16.6. The number of aryl methyl sites for hydroxylation is 2. The molecule has 53 heavy (non-hydrogen) atoms. The molecule has 0 saturated carbocycles. The molecule has 0 fully saturated rings. The summed E-state index contributed by atoms with van der Waals surface area (Å²) in [6.07, 6.45) is 18.2. The van der Waals surface area contributed by atoms with Crippen molar-refractivity contribution in [3.63, 3.8) is 0 Å². The first-order chi connectivity index (χ1) is 26.3. The predicted molar refractivity (Wildman–Crippen MR) is 214 cm³/mol. The van der Waals surface area contributed by atoms with Gasteiger partial charge in [-0.25, -0.2) is 0 Å². The first-order valence-electron chi connectivity index (χ1n) is 20.8. The lowest BCUT2D eigenvalue weighted by Gasteiger charge is -2.09. The smallest absolute Gasteiger partial charge is 0.119 e. The van der Waals surface area contributed by atoms with Crippen molar-refractivity contribution >= 4 is 0 Å². The third kappa shape index (κ3) is 29.8. The van der Waals surface area contributed by atoms with Crippen molar-refractivity contribution in [1.82, 2.24) is 0 Å². The predicted octanol–water partition coefficient (Wildman–Crippen LogP) is 9.07. The molecule has 9 nitrogen and oxygen atoms in total. The first kappa shape index (κ1) is 46.9. The van der Waals surface area contributed by atoms with Gasteiger partial charge in [0.2, 0.25) is 0 Å². The van der Waals surface area contributed by atoms with E-state index in [2.05, 4.69) is 62.4 Å². The molecule has 9 heteroatoms. The van der Waals surface area contributed by atoms with E-state index in [0.717, 1.165) is 24.3 Å². The molecule has 0 aliphatic heterocycles. The van der Waals surface area contributed by atoms with E-state index in [1.165, 1.54) is 88.2 Å². The minimum atomic E-state index is 0.524. The summed E-state index contributed by atoms with van der Waals surface area (Å²) in [5.74, 6) is 1.78. The maximum absolute atomic E-state index is 5.78. The van der Waals surface area contributed by atoms with E-state index in [0.29, 0.717) is 106 Å². The Morgan fingerprint density at radius 2 is 0.528 bits per heavy atom. The maximum Gasteiger partial charge on any atom is 0.119 e. The van der Waals surface area contributed by atoms with Crippen LogP contribution in [0.5, 0.6) is 11.5 Å². The summed E-state index contributed by atoms with van der Waals surface area (Å²) in [4.78, 5) is 0. The van der Waals surface area contributed by atoms with Gasteiger partial charge in [0.05, 0.1) is 92.5 Å². The summed E-state index contributed by atoms with van der Waals surface area (Å²) in [6.45, 7) is 13.0. The van der Waals surface area contributed by atoms with Gasteiger partial charge in [0.15, 0.2) is 0 Å². The zero-order valence-corrected chi connectivity index (χ0v) is 33.5. The van der Waals surface area contributed by atoms with E-state index in [4.69, 9.17) is 42.6 Å². The van der Waals surface area contributed by atoms with Crippen LogP contribution in [0.1, 0.15) is 102 Å². The van der Waals surface area contributed by atoms with E-state index in [-0.39, 0.29) is 0 Å². The lowest BCUT2D eigenvalue weighted by molar-refractivity contribution is -0.0218. The Bertz CT molecular complexity index is 937. The second kappa shape index (κ2) is 36.7. The van der Waals surface area contributed by atoms with Crippen LogP contribution in [-0.2, 0) is 46.0 Å². The van der Waals surface area contributed by atoms with Crippen LogP contribution in [-0.4, -0.2) is 106 Å². The molecule has 0 saturated heterocycles. The highest BCUT2D eigenvalue weighted by Crippen LogP contribution is 2.16. The fourth-order valence-electron chi connectivity index (χ4n) is 5.58. The Kier molecular flexibility index (Phi) is 32.5. The van der Waals surface area contributed by atoms with Gasteiger partial charge in [0.1, 0.15) is 24.7 Å². The average molecular weight is 747 g/mol. The van der Waals surface area contributed by atoms with Crippen LogP contribution >= 0.6 is 0 Å². The van der Waals surface area contributed by atoms with Crippen molar-refractivity contribution in [2.24, 2.45) is 0 Å². The van der Waals surface area contributed by atoms with Gasteiger partial charge in [0, 0.05) is 0 Å². The van der Waals surface area contributed by atoms with Gasteiger partial charge in [-0.05, 0) is 61.1 Å². The number of unbranched alkanes of at least 4 members (excludes halogenated alkanes) is 10. The van der Waals surface area contributed by atoms with Gasteiger partial charge in [0.25, 0.3) is 0 Å². The number of ether oxygens (including phenoxy) is 9. The molecule has 0 aliphatic carbocycles. The fraction of sp³-hybridized carbons (Fsp3) is 0.727. The molecule has 0 heterocycles. The van der Waals surface area contributed by atoms with E-state index >= 15 is 0 Å². The second-order valence-corrected chi connectivity index (χ2v) is 13.3. The van der Waals surface area contributed by atoms with Crippen molar-refractivity contribution in [2.75, 3.05) is 106 Å². The third-order valence-electron chi connectivity index (χ3n) is 8.71. The Morgan fingerprint density at radius 1 is 0.283 bits per heavy atom. The molecule has 0 unspecified atom stereocenters. The van der Waals surface area contributed by atoms with Gasteiger partial charge in [-0.15, -0.1) is 0 Å². The summed E-state index contributed by atoms with van der Waals surface area (Å²) in [7, 11) is 0. The Morgan fingerprint density at radius 3 is 0.811 bits per heavy atom. The Hall–Kier alpha value is -2.24. The van der Waals surface area contributed by atoms with Crippen LogP contribution in [0.3, 0.4) is 0 Å². The standard InChI is InChI=1S/C44H74O9/c1-3-5-7-9-11-13-15-41-17-21-43(22-18-41)52-39-37-50-35-33-48-31-29-46-27-25-45-26-28-47-30-32-49-34-36-51-38-40-53-44-23-19-42(20-24-44)16-14-12-10-8-6-4-2/h17-24H,3-16,25-40H2,1-2H3. The quantitative estimate of drug-likeness (QED) is 0.0621. The van der Waals surface area contributed by atoms with Crippen LogP contribution in [0.2, 0.25) is 0 Å². The summed E-state index contributed by atoms with van der Waals surface area (Å²) in [6, 6.07) is 16.9. The van der Waals surface area contributed by atoms with E-state index in [9.17, 15) is 0 Å². The highest BCUT2D eigenvalue weighted by molar-refractivity contribution is 5.28. The van der Waals surface area contributed by atoms with Crippen LogP contribution in [0.15, 0.2) is 48.5 Å². The van der Waals surface area contributed by atoms with Gasteiger partial charge >= 0.3 is 0 Å². The highest BCUT2D eigenvalue weighted by Gasteiger charge is 2.00. The van der Waals surface area contributed by atoms with Crippen LogP contribution in [0, 0.1) is 0 Å². The Balaban J connectivity index is 1.22. The minimum Gasteiger partial charge on any atom is -0.491 e. The van der Waals surface area contributed by atoms with Crippen molar-refractivity contribution in [3.05, 3.63) is 59.7 Å². The molecule has 0 radical (unpaired) electrons. The number of benzene rings is 2. The lowest BCUT2D eigenvalue weighted by atomic mass is 10.0. The molecular weight excluding hydrogens is 672 g/mol. The summed E-state index contributed by atoms with van der Waals surface area (Å²) in [5, 5.41) is 0. The van der Waals surface area contributed by atoms with Gasteiger partial charge in [-0.3, -0.25) is 0 Å². The zero-order chi connectivity index (χ0) is 37.5. The maximum atomic E-state index is 5.78. The van der Waals surface area contributed by atoms with Crippen molar-refractivity contribution in [1.29, 1.82) is 0 Å². The fourth-order valence-corrected chi connectivity index (χ4v) is 5.58. The molecule has 0 amide bonds. The molecule has 0 N–H and O–H groups in total. The van der Waals surface area contributed by atoms with Crippen molar-refractivity contribution < 1.29 is 42.6 Å². The Labute approximate surface area is 322 Å². The van der Waals surface area contributed by atoms with Crippen molar-refractivity contribution in [3.8, 4) is 11.5 Å². The molecule has 0 aromatic heterocycles. The SMILES string of the molecule is CCCCCCCCc1ccc(OCCOCCOCCOCCOCCOCCOCCOCCOc2ccc(CCCCCCCC)cc2)cc1. The molecule has 2 aromatic carbocycles. The van der Waals surface area contributed by atoms with Gasteiger partial charge < -0.3 is 42.6 Å². The van der Waals surface area contributed by atoms with Crippen LogP contribution < -0.4 is 9.47 Å². The van der Waals surface area contributed by atoms with Crippen LogP contribution in [0.25, 0.3) is 0 Å². The molecule has 2 rings (SSSR count). The number of hydrogen-bond donors (Lipinski definition) is 0. The molecule has 0 spiro atoms. The minimum absolute atomic E-state index is 0.524. The molecule has 0 aliphatic rings. The topological polar surface area (TPSA) is 83.1 Å². The number of hydrogen-bond acceptors (Lipinski definition) is 9. The number of rotatable bonds is 40. The molecule has 304 valence electrons. The largest absolute Gasteiger partial charge is 0.491 e. The van der Waals surface area contributed by atoms with Gasteiger partial charge in [-0.1, -0.05) is 102 Å². The van der Waals surface area contributed by atoms with E-state index in [1.807, 2.05) is 0 Å². The van der Waals surface area contributed by atoms with Crippen LogP contribution in [0.4, 0.5) is 0 Å². The van der Waals surface area contributed by atoms with Crippen molar-refractivity contribution in [2.45, 2.75) is 104 Å². The summed E-state index contributed by atoms with van der Waals surface area (Å²) < 4.78 is 50.5. The lowest BCUT2D eigenvalue weighted by Crippen LogP contribution is -2.15. The zero-order valence-electron chi connectivity index (χ0n) is 33.5. The molecular formula is C44H74O9. The summed E-state index contributed by atoms with van der Waals surface area (Å²) in [5.41, 5.74) is 2.76. The summed E-state index contributed by atoms with van der Waals surface area (Å²) >= 11 is 0. The normalized spacial score (nSPS) is 11.4. The third-order valence-corrected chi connectivity index (χ3v) is 8.71. The monoisotopic (exact) mass is 747 g/mol. The first-order valence-corrected chi connectivity index (χ1v) is 20.8.